The number of hydrogen-bond acceptors (Lipinski definition) is 0. The highest BCUT2D eigenvalue weighted by atomic mass is 19.1. The molecule has 0 unspecified atom stereocenters. The van der Waals surface area contributed by atoms with E-state index in [0.717, 1.165) is 43.7 Å². The van der Waals surface area contributed by atoms with Gasteiger partial charge in [-0.05, 0) is 48.2 Å². The summed E-state index contributed by atoms with van der Waals surface area (Å²) in [6.07, 6.45) is 2.09. The van der Waals surface area contributed by atoms with Gasteiger partial charge in [0.1, 0.15) is 12.9 Å². The fourth-order valence-electron chi connectivity index (χ4n) is 5.11. The predicted octanol–water partition coefficient (Wildman–Crippen LogP) is 6.42. The van der Waals surface area contributed by atoms with E-state index in [0.29, 0.717) is 0 Å². The lowest BCUT2D eigenvalue weighted by Gasteiger charge is -2.17. The smallest absolute Gasteiger partial charge is 0.252 e. The monoisotopic (exact) mass is 406 g/mol. The molecule has 0 N–H and O–H groups in total. The zero-order valence-corrected chi connectivity index (χ0v) is 17.9. The maximum absolute atomic E-state index is 14.4. The lowest BCUT2D eigenvalue weighted by molar-refractivity contribution is -0.643. The maximum atomic E-state index is 14.4. The van der Waals surface area contributed by atoms with Gasteiger partial charge in [-0.3, -0.25) is 0 Å². The van der Waals surface area contributed by atoms with Gasteiger partial charge in [0.05, 0.1) is 27.3 Å². The van der Waals surface area contributed by atoms with Crippen LogP contribution in [0.3, 0.4) is 0 Å². The average molecular weight is 406 g/mol. The van der Waals surface area contributed by atoms with E-state index in [4.69, 9.17) is 6.57 Å². The van der Waals surface area contributed by atoms with Gasteiger partial charge in [-0.15, -0.1) is 0 Å². The minimum Gasteiger partial charge on any atom is -0.307 e. The normalized spacial score (nSPS) is 12.6. The Balaban J connectivity index is 2.05. The van der Waals surface area contributed by atoms with Crippen LogP contribution in [0.15, 0.2) is 54.7 Å². The molecule has 0 amide bonds. The second kappa shape index (κ2) is 5.70. The molecular weight excluding hydrogens is 385 g/mol. The number of aryl methyl sites for hydroxylation is 2. The molecule has 6 aromatic rings. The molecule has 0 aliphatic carbocycles. The Morgan fingerprint density at radius 3 is 2.52 bits per heavy atom. The molecule has 31 heavy (non-hydrogen) atoms. The number of pyridine rings is 2. The summed E-state index contributed by atoms with van der Waals surface area (Å²) in [6.45, 7) is 13.8. The Morgan fingerprint density at radius 1 is 0.968 bits per heavy atom. The molecule has 3 aromatic carbocycles. The Morgan fingerprint density at radius 2 is 1.74 bits per heavy atom. The second-order valence-corrected chi connectivity index (χ2v) is 9.06. The molecule has 0 saturated carbocycles. The van der Waals surface area contributed by atoms with Crippen molar-refractivity contribution in [3.8, 4) is 0 Å². The van der Waals surface area contributed by atoms with Crippen LogP contribution in [-0.4, -0.2) is 4.40 Å². The quantitative estimate of drug-likeness (QED) is 0.129. The lowest BCUT2D eigenvalue weighted by atomic mass is 9.91. The van der Waals surface area contributed by atoms with Crippen molar-refractivity contribution < 1.29 is 8.96 Å². The van der Waals surface area contributed by atoms with E-state index in [1.165, 1.54) is 22.5 Å². The fraction of sp³-hybridized carbons (Fsp3) is 0.185. The predicted molar refractivity (Wildman–Crippen MR) is 124 cm³/mol. The van der Waals surface area contributed by atoms with Crippen molar-refractivity contribution >= 4 is 49.0 Å². The fourth-order valence-corrected chi connectivity index (χ4v) is 5.11. The Kier molecular flexibility index (Phi) is 3.33. The van der Waals surface area contributed by atoms with Crippen molar-refractivity contribution in [2.45, 2.75) is 26.3 Å². The van der Waals surface area contributed by atoms with Crippen LogP contribution in [0.25, 0.3) is 53.8 Å². The molecule has 4 heteroatoms. The van der Waals surface area contributed by atoms with E-state index in [1.54, 1.807) is 6.07 Å². The molecule has 0 radical (unpaired) electrons. The SMILES string of the molecule is [C-]#[N+]C(C)(C)c1cc2cc[n+](C)c3c4c(C)ccc5c6ccc(F)cc6n(c(c1)c23)c54. The standard InChI is InChI=1S/C27H21FN3/c1-15-6-8-20-19-9-7-18(28)14-21(19)31-22-13-17(27(2,3)29-4)12-16-10-11-30(5)26(24(16)22)23(15)25(20)31/h6-14H,1-3,5H3/q+1. The van der Waals surface area contributed by atoms with E-state index < -0.39 is 5.54 Å². The van der Waals surface area contributed by atoms with E-state index in [-0.39, 0.29) is 5.82 Å². The minimum atomic E-state index is -0.650. The summed E-state index contributed by atoms with van der Waals surface area (Å²) in [5.41, 5.74) is 5.65. The first kappa shape index (κ1) is 18.1. The summed E-state index contributed by atoms with van der Waals surface area (Å²) in [5, 5.41) is 5.58. The van der Waals surface area contributed by atoms with Gasteiger partial charge in [0, 0.05) is 36.2 Å². The molecule has 0 bridgehead atoms. The molecule has 3 aromatic heterocycles. The lowest BCUT2D eigenvalue weighted by Crippen LogP contribution is -2.29. The summed E-state index contributed by atoms with van der Waals surface area (Å²) in [4.78, 5) is 3.88. The van der Waals surface area contributed by atoms with E-state index in [1.807, 2.05) is 19.9 Å². The van der Waals surface area contributed by atoms with Gasteiger partial charge < -0.3 is 9.25 Å². The summed E-state index contributed by atoms with van der Waals surface area (Å²) >= 11 is 0. The third-order valence-corrected chi connectivity index (χ3v) is 6.78. The second-order valence-electron chi connectivity index (χ2n) is 9.06. The number of rotatable bonds is 1. The highest BCUT2D eigenvalue weighted by molar-refractivity contribution is 6.25. The van der Waals surface area contributed by atoms with Crippen LogP contribution in [0, 0.1) is 19.3 Å². The maximum Gasteiger partial charge on any atom is 0.252 e. The third kappa shape index (κ3) is 2.18. The van der Waals surface area contributed by atoms with Crippen LogP contribution in [0.2, 0.25) is 0 Å². The van der Waals surface area contributed by atoms with Crippen molar-refractivity contribution in [1.29, 1.82) is 0 Å². The average Bonchev–Trinajstić information content (AvgIpc) is 3.07. The van der Waals surface area contributed by atoms with Gasteiger partial charge in [-0.25, -0.2) is 15.5 Å². The molecule has 150 valence electrons. The molecule has 0 saturated heterocycles. The van der Waals surface area contributed by atoms with Crippen LogP contribution in [0.1, 0.15) is 25.0 Å². The third-order valence-electron chi connectivity index (χ3n) is 6.78. The van der Waals surface area contributed by atoms with Gasteiger partial charge in [-0.1, -0.05) is 12.1 Å². The van der Waals surface area contributed by atoms with Gasteiger partial charge in [-0.2, -0.15) is 0 Å². The van der Waals surface area contributed by atoms with Gasteiger partial charge in [0.15, 0.2) is 6.20 Å². The Bertz CT molecular complexity index is 1750. The number of aromatic nitrogens is 2. The topological polar surface area (TPSA) is 12.7 Å². The first-order chi connectivity index (χ1) is 14.8. The number of benzene rings is 3. The Labute approximate surface area is 179 Å². The largest absolute Gasteiger partial charge is 0.307 e. The van der Waals surface area contributed by atoms with Gasteiger partial charge in [0.25, 0.3) is 5.54 Å². The van der Waals surface area contributed by atoms with Crippen LogP contribution in [-0.2, 0) is 12.6 Å². The molecule has 3 heterocycles. The van der Waals surface area contributed by atoms with Gasteiger partial charge >= 0.3 is 0 Å². The summed E-state index contributed by atoms with van der Waals surface area (Å²) in [6, 6.07) is 15.7. The van der Waals surface area contributed by atoms with Crippen molar-refractivity contribution in [2.24, 2.45) is 7.05 Å². The minimum absolute atomic E-state index is 0.247. The number of halogens is 1. The molecule has 0 atom stereocenters. The molecule has 0 aliphatic heterocycles. The highest BCUT2D eigenvalue weighted by Gasteiger charge is 2.30. The van der Waals surface area contributed by atoms with Crippen molar-refractivity contribution in [3.05, 3.63) is 83.1 Å². The van der Waals surface area contributed by atoms with Crippen LogP contribution < -0.4 is 4.57 Å². The summed E-state index contributed by atoms with van der Waals surface area (Å²) in [7, 11) is 2.08. The highest BCUT2D eigenvalue weighted by Crippen LogP contribution is 2.42. The van der Waals surface area contributed by atoms with E-state index in [2.05, 4.69) is 64.3 Å². The molecular formula is C27H21FN3+. The van der Waals surface area contributed by atoms with E-state index >= 15 is 0 Å². The van der Waals surface area contributed by atoms with Crippen LogP contribution in [0.5, 0.6) is 0 Å². The van der Waals surface area contributed by atoms with Crippen molar-refractivity contribution in [1.82, 2.24) is 4.40 Å². The molecule has 6 rings (SSSR count). The van der Waals surface area contributed by atoms with Gasteiger partial charge in [0.2, 0.25) is 5.52 Å². The first-order valence-electron chi connectivity index (χ1n) is 10.4. The molecule has 0 aliphatic rings. The molecule has 0 fully saturated rings. The molecule has 3 nitrogen and oxygen atoms in total. The Hall–Kier alpha value is -3.71. The number of fused-ring (bicyclic) bond motifs is 5. The van der Waals surface area contributed by atoms with E-state index in [9.17, 15) is 4.39 Å². The van der Waals surface area contributed by atoms with Crippen molar-refractivity contribution in [3.63, 3.8) is 0 Å². The zero-order valence-electron chi connectivity index (χ0n) is 17.9. The zero-order chi connectivity index (χ0) is 21.7. The van der Waals surface area contributed by atoms with Crippen LogP contribution >= 0.6 is 0 Å². The molecule has 0 spiro atoms. The summed E-state index contributed by atoms with van der Waals surface area (Å²) in [5.74, 6) is -0.247. The number of nitrogens with zero attached hydrogens (tertiary/aromatic N) is 3. The number of hydrogen-bond donors (Lipinski definition) is 0. The first-order valence-corrected chi connectivity index (χ1v) is 10.4. The van der Waals surface area contributed by atoms with Crippen molar-refractivity contribution in [2.75, 3.05) is 0 Å². The summed E-state index contributed by atoms with van der Waals surface area (Å²) < 4.78 is 18.8. The van der Waals surface area contributed by atoms with Crippen LogP contribution in [0.4, 0.5) is 4.39 Å².